The van der Waals surface area contributed by atoms with Crippen LogP contribution in [0.4, 0.5) is 0 Å². The van der Waals surface area contributed by atoms with Gasteiger partial charge in [0, 0.05) is 0 Å². The molecule has 0 aromatic heterocycles. The SMILES string of the molecule is Cc1cccc2c1C1(CCNCC1)OC2. The largest absolute Gasteiger partial charge is 0.365 e. The van der Waals surface area contributed by atoms with E-state index in [1.54, 1.807) is 0 Å². The van der Waals surface area contributed by atoms with Crippen LogP contribution >= 0.6 is 0 Å². The van der Waals surface area contributed by atoms with Gasteiger partial charge < -0.3 is 10.1 Å². The van der Waals surface area contributed by atoms with E-state index in [0.717, 1.165) is 32.5 Å². The highest BCUT2D eigenvalue weighted by atomic mass is 16.5. The van der Waals surface area contributed by atoms with Gasteiger partial charge in [-0.05, 0) is 49.5 Å². The summed E-state index contributed by atoms with van der Waals surface area (Å²) < 4.78 is 6.09. The fraction of sp³-hybridized carbons (Fsp3) is 0.538. The topological polar surface area (TPSA) is 21.3 Å². The van der Waals surface area contributed by atoms with Crippen LogP contribution in [0.3, 0.4) is 0 Å². The number of benzene rings is 1. The van der Waals surface area contributed by atoms with Crippen LogP contribution in [0.5, 0.6) is 0 Å². The molecule has 15 heavy (non-hydrogen) atoms. The number of hydrogen-bond acceptors (Lipinski definition) is 2. The molecular formula is C13H17NO. The monoisotopic (exact) mass is 203 g/mol. The number of aryl methyl sites for hydroxylation is 1. The average Bonchev–Trinajstić information content (AvgIpc) is 2.60. The molecular weight excluding hydrogens is 186 g/mol. The van der Waals surface area contributed by atoms with Gasteiger partial charge >= 0.3 is 0 Å². The molecule has 2 heteroatoms. The molecule has 2 heterocycles. The lowest BCUT2D eigenvalue weighted by molar-refractivity contribution is -0.0592. The third-order valence-electron chi connectivity index (χ3n) is 3.73. The molecule has 0 aliphatic carbocycles. The molecule has 1 N–H and O–H groups in total. The first-order chi connectivity index (χ1) is 7.32. The highest BCUT2D eigenvalue weighted by molar-refractivity contribution is 5.41. The average molecular weight is 203 g/mol. The summed E-state index contributed by atoms with van der Waals surface area (Å²) in [5.74, 6) is 0. The predicted octanol–water partition coefficient (Wildman–Crippen LogP) is 2.10. The summed E-state index contributed by atoms with van der Waals surface area (Å²) in [5, 5.41) is 3.41. The number of fused-ring (bicyclic) bond motifs is 2. The summed E-state index contributed by atoms with van der Waals surface area (Å²) in [4.78, 5) is 0. The molecule has 80 valence electrons. The first-order valence-corrected chi connectivity index (χ1v) is 5.75. The minimum absolute atomic E-state index is 0.0337. The van der Waals surface area contributed by atoms with Crippen molar-refractivity contribution in [2.24, 2.45) is 0 Å². The van der Waals surface area contributed by atoms with E-state index in [9.17, 15) is 0 Å². The Morgan fingerprint density at radius 1 is 1.27 bits per heavy atom. The Balaban J connectivity index is 2.09. The van der Waals surface area contributed by atoms with E-state index >= 15 is 0 Å². The molecule has 1 fully saturated rings. The first-order valence-electron chi connectivity index (χ1n) is 5.75. The van der Waals surface area contributed by atoms with E-state index < -0.39 is 0 Å². The van der Waals surface area contributed by atoms with Crippen LogP contribution in [0.15, 0.2) is 18.2 Å². The summed E-state index contributed by atoms with van der Waals surface area (Å²) in [6.07, 6.45) is 2.23. The summed E-state index contributed by atoms with van der Waals surface area (Å²) in [6.45, 7) is 5.16. The van der Waals surface area contributed by atoms with E-state index in [-0.39, 0.29) is 5.60 Å². The maximum absolute atomic E-state index is 6.09. The smallest absolute Gasteiger partial charge is 0.0966 e. The zero-order valence-corrected chi connectivity index (χ0v) is 9.18. The molecule has 2 aliphatic heterocycles. The third-order valence-corrected chi connectivity index (χ3v) is 3.73. The Morgan fingerprint density at radius 2 is 2.07 bits per heavy atom. The Bertz CT molecular complexity index is 375. The van der Waals surface area contributed by atoms with Crippen molar-refractivity contribution in [1.82, 2.24) is 5.32 Å². The Labute approximate surface area is 90.6 Å². The maximum Gasteiger partial charge on any atom is 0.0966 e. The second kappa shape index (κ2) is 3.32. The maximum atomic E-state index is 6.09. The standard InChI is InChI=1S/C13H17NO/c1-10-3-2-4-11-9-15-13(12(10)11)5-7-14-8-6-13/h2-4,14H,5-9H2,1H3. The minimum atomic E-state index is 0.0337. The van der Waals surface area contributed by atoms with Gasteiger partial charge in [0.15, 0.2) is 0 Å². The van der Waals surface area contributed by atoms with Crippen molar-refractivity contribution < 1.29 is 4.74 Å². The molecule has 0 bridgehead atoms. The summed E-state index contributed by atoms with van der Waals surface area (Å²) >= 11 is 0. The van der Waals surface area contributed by atoms with Crippen LogP contribution in [0.1, 0.15) is 29.5 Å². The third kappa shape index (κ3) is 1.32. The molecule has 0 amide bonds. The van der Waals surface area contributed by atoms with Gasteiger partial charge in [0.05, 0.1) is 12.2 Å². The van der Waals surface area contributed by atoms with Gasteiger partial charge in [0.25, 0.3) is 0 Å². The van der Waals surface area contributed by atoms with Crippen LogP contribution in [0.2, 0.25) is 0 Å². The van der Waals surface area contributed by atoms with Crippen molar-refractivity contribution in [3.05, 3.63) is 34.9 Å². The molecule has 0 saturated carbocycles. The summed E-state index contributed by atoms with van der Waals surface area (Å²) in [6, 6.07) is 6.55. The van der Waals surface area contributed by atoms with Crippen molar-refractivity contribution in [3.63, 3.8) is 0 Å². The van der Waals surface area contributed by atoms with Crippen LogP contribution in [-0.4, -0.2) is 13.1 Å². The number of ether oxygens (including phenoxy) is 1. The summed E-state index contributed by atoms with van der Waals surface area (Å²) in [5.41, 5.74) is 4.31. The molecule has 3 rings (SSSR count). The highest BCUT2D eigenvalue weighted by Gasteiger charge is 2.41. The number of piperidine rings is 1. The lowest BCUT2D eigenvalue weighted by atomic mass is 9.82. The van der Waals surface area contributed by atoms with Crippen molar-refractivity contribution >= 4 is 0 Å². The van der Waals surface area contributed by atoms with Gasteiger partial charge in [0.2, 0.25) is 0 Å². The number of hydrogen-bond donors (Lipinski definition) is 1. The fourth-order valence-corrected chi connectivity index (χ4v) is 3.01. The van der Waals surface area contributed by atoms with E-state index in [1.807, 2.05) is 0 Å². The molecule has 1 saturated heterocycles. The van der Waals surface area contributed by atoms with E-state index in [2.05, 4.69) is 30.4 Å². The van der Waals surface area contributed by atoms with E-state index in [1.165, 1.54) is 16.7 Å². The molecule has 1 spiro atoms. The molecule has 0 radical (unpaired) electrons. The van der Waals surface area contributed by atoms with Gasteiger partial charge in [0.1, 0.15) is 0 Å². The molecule has 0 atom stereocenters. The van der Waals surface area contributed by atoms with Crippen LogP contribution in [0, 0.1) is 6.92 Å². The second-order valence-corrected chi connectivity index (χ2v) is 4.64. The van der Waals surface area contributed by atoms with Gasteiger partial charge in [-0.25, -0.2) is 0 Å². The zero-order chi connectivity index (χ0) is 10.3. The Hall–Kier alpha value is -0.860. The predicted molar refractivity (Wildman–Crippen MR) is 59.7 cm³/mol. The van der Waals surface area contributed by atoms with E-state index in [0.29, 0.717) is 0 Å². The van der Waals surface area contributed by atoms with E-state index in [4.69, 9.17) is 4.74 Å². The Kier molecular flexibility index (Phi) is 2.08. The normalized spacial score (nSPS) is 23.0. The lowest BCUT2D eigenvalue weighted by Crippen LogP contribution is -2.39. The second-order valence-electron chi connectivity index (χ2n) is 4.64. The van der Waals surface area contributed by atoms with Crippen molar-refractivity contribution in [1.29, 1.82) is 0 Å². The molecule has 2 nitrogen and oxygen atoms in total. The molecule has 2 aliphatic rings. The van der Waals surface area contributed by atoms with Crippen LogP contribution in [0.25, 0.3) is 0 Å². The number of rotatable bonds is 0. The van der Waals surface area contributed by atoms with Gasteiger partial charge in [-0.3, -0.25) is 0 Å². The Morgan fingerprint density at radius 3 is 2.87 bits per heavy atom. The van der Waals surface area contributed by atoms with Crippen molar-refractivity contribution in [2.75, 3.05) is 13.1 Å². The van der Waals surface area contributed by atoms with Gasteiger partial charge in [-0.1, -0.05) is 18.2 Å². The fourth-order valence-electron chi connectivity index (χ4n) is 3.01. The van der Waals surface area contributed by atoms with Crippen molar-refractivity contribution in [3.8, 4) is 0 Å². The molecule has 1 aromatic carbocycles. The molecule has 1 aromatic rings. The van der Waals surface area contributed by atoms with Crippen molar-refractivity contribution in [2.45, 2.75) is 32.0 Å². The quantitative estimate of drug-likeness (QED) is 0.697. The minimum Gasteiger partial charge on any atom is -0.365 e. The van der Waals surface area contributed by atoms with Crippen LogP contribution in [-0.2, 0) is 16.9 Å². The molecule has 0 unspecified atom stereocenters. The van der Waals surface area contributed by atoms with Gasteiger partial charge in [-0.15, -0.1) is 0 Å². The highest BCUT2D eigenvalue weighted by Crippen LogP contribution is 2.44. The zero-order valence-electron chi connectivity index (χ0n) is 9.18. The number of nitrogens with one attached hydrogen (secondary N) is 1. The lowest BCUT2D eigenvalue weighted by Gasteiger charge is -2.34. The van der Waals surface area contributed by atoms with Crippen LogP contribution < -0.4 is 5.32 Å². The van der Waals surface area contributed by atoms with Gasteiger partial charge in [-0.2, -0.15) is 0 Å². The summed E-state index contributed by atoms with van der Waals surface area (Å²) in [7, 11) is 0. The first kappa shape index (κ1) is 9.37.